The van der Waals surface area contributed by atoms with Crippen LogP contribution in [0, 0.1) is 0 Å². The zero-order valence-electron chi connectivity index (χ0n) is 8.38. The van der Waals surface area contributed by atoms with E-state index >= 15 is 0 Å². The average molecular weight is 168 g/mol. The molecule has 2 rings (SSSR count). The van der Waals surface area contributed by atoms with Crippen LogP contribution < -0.4 is 5.73 Å². The lowest BCUT2D eigenvalue weighted by atomic mass is 9.96. The Bertz CT molecular complexity index is 183. The van der Waals surface area contributed by atoms with Gasteiger partial charge in [0.25, 0.3) is 0 Å². The SMILES string of the molecule is CC(C)(C)N1C2CCC1[C@H](N)C2. The summed E-state index contributed by atoms with van der Waals surface area (Å²) in [6, 6.07) is 1.91. The van der Waals surface area contributed by atoms with Gasteiger partial charge in [-0.1, -0.05) is 0 Å². The van der Waals surface area contributed by atoms with Crippen LogP contribution in [-0.2, 0) is 0 Å². The molecule has 0 saturated carbocycles. The van der Waals surface area contributed by atoms with Gasteiger partial charge in [0, 0.05) is 23.7 Å². The molecule has 0 aromatic rings. The molecule has 2 unspecified atom stereocenters. The summed E-state index contributed by atoms with van der Waals surface area (Å²) in [4.78, 5) is 2.64. The highest BCUT2D eigenvalue weighted by atomic mass is 15.3. The van der Waals surface area contributed by atoms with E-state index < -0.39 is 0 Å². The summed E-state index contributed by atoms with van der Waals surface area (Å²) in [5, 5.41) is 0. The van der Waals surface area contributed by atoms with E-state index in [9.17, 15) is 0 Å². The first-order valence-corrected chi connectivity index (χ1v) is 5.04. The average Bonchev–Trinajstić information content (AvgIpc) is 2.39. The minimum atomic E-state index is 0.319. The minimum Gasteiger partial charge on any atom is -0.326 e. The van der Waals surface area contributed by atoms with Crippen molar-refractivity contribution in [2.24, 2.45) is 5.73 Å². The van der Waals surface area contributed by atoms with Crippen LogP contribution in [0.15, 0.2) is 0 Å². The van der Waals surface area contributed by atoms with Gasteiger partial charge in [0.15, 0.2) is 0 Å². The van der Waals surface area contributed by atoms with Gasteiger partial charge in [-0.25, -0.2) is 0 Å². The molecule has 3 atom stereocenters. The molecule has 2 aliphatic rings. The molecule has 2 fully saturated rings. The Hall–Kier alpha value is -0.0800. The lowest BCUT2D eigenvalue weighted by molar-refractivity contribution is 0.114. The molecule has 2 nitrogen and oxygen atoms in total. The third-order valence-corrected chi connectivity index (χ3v) is 3.36. The highest BCUT2D eigenvalue weighted by Crippen LogP contribution is 2.41. The van der Waals surface area contributed by atoms with Crippen molar-refractivity contribution in [3.05, 3.63) is 0 Å². The van der Waals surface area contributed by atoms with Gasteiger partial charge in [0.2, 0.25) is 0 Å². The van der Waals surface area contributed by atoms with Crippen molar-refractivity contribution < 1.29 is 0 Å². The zero-order chi connectivity index (χ0) is 8.93. The van der Waals surface area contributed by atoms with E-state index in [0.29, 0.717) is 17.6 Å². The van der Waals surface area contributed by atoms with Crippen LogP contribution in [0.2, 0.25) is 0 Å². The minimum absolute atomic E-state index is 0.319. The predicted octanol–water partition coefficient (Wildman–Crippen LogP) is 1.35. The maximum Gasteiger partial charge on any atom is 0.0256 e. The molecule has 0 aromatic carbocycles. The van der Waals surface area contributed by atoms with Crippen molar-refractivity contribution in [2.75, 3.05) is 0 Å². The Morgan fingerprint density at radius 1 is 1.25 bits per heavy atom. The van der Waals surface area contributed by atoms with Gasteiger partial charge in [0.05, 0.1) is 0 Å². The van der Waals surface area contributed by atoms with Gasteiger partial charge in [0.1, 0.15) is 0 Å². The van der Waals surface area contributed by atoms with Crippen LogP contribution in [0.4, 0.5) is 0 Å². The Morgan fingerprint density at radius 3 is 2.17 bits per heavy atom. The fraction of sp³-hybridized carbons (Fsp3) is 1.00. The van der Waals surface area contributed by atoms with E-state index in [2.05, 4.69) is 25.7 Å². The number of nitrogens with zero attached hydrogens (tertiary/aromatic N) is 1. The first kappa shape index (κ1) is 8.52. The van der Waals surface area contributed by atoms with E-state index in [4.69, 9.17) is 5.73 Å². The summed E-state index contributed by atoms with van der Waals surface area (Å²) in [5.41, 5.74) is 6.38. The monoisotopic (exact) mass is 168 g/mol. The molecule has 0 aromatic heterocycles. The summed E-state index contributed by atoms with van der Waals surface area (Å²) in [5.74, 6) is 0. The third-order valence-electron chi connectivity index (χ3n) is 3.36. The van der Waals surface area contributed by atoms with Gasteiger partial charge in [-0.05, 0) is 40.0 Å². The van der Waals surface area contributed by atoms with Crippen molar-refractivity contribution in [2.45, 2.75) is 63.7 Å². The van der Waals surface area contributed by atoms with Crippen LogP contribution in [0.3, 0.4) is 0 Å². The van der Waals surface area contributed by atoms with Crippen molar-refractivity contribution in [3.8, 4) is 0 Å². The molecule has 0 aliphatic carbocycles. The molecular formula is C10H20N2. The largest absolute Gasteiger partial charge is 0.326 e. The summed E-state index contributed by atoms with van der Waals surface area (Å²) in [6.45, 7) is 6.91. The molecule has 0 amide bonds. The first-order valence-electron chi connectivity index (χ1n) is 5.04. The summed E-state index contributed by atoms with van der Waals surface area (Å²) in [6.07, 6.45) is 3.92. The first-order chi connectivity index (χ1) is 5.50. The highest BCUT2D eigenvalue weighted by Gasteiger charge is 2.48. The molecule has 0 radical (unpaired) electrons. The van der Waals surface area contributed by atoms with Gasteiger partial charge in [-0.15, -0.1) is 0 Å². The van der Waals surface area contributed by atoms with Gasteiger partial charge >= 0.3 is 0 Å². The van der Waals surface area contributed by atoms with Crippen molar-refractivity contribution in [1.82, 2.24) is 4.90 Å². The Kier molecular flexibility index (Phi) is 1.74. The second-order valence-electron chi connectivity index (χ2n) is 5.28. The number of nitrogens with two attached hydrogens (primary N) is 1. The second-order valence-corrected chi connectivity index (χ2v) is 5.28. The van der Waals surface area contributed by atoms with Gasteiger partial charge < -0.3 is 5.73 Å². The lowest BCUT2D eigenvalue weighted by Gasteiger charge is -2.36. The van der Waals surface area contributed by atoms with Crippen molar-refractivity contribution in [1.29, 1.82) is 0 Å². The van der Waals surface area contributed by atoms with Crippen molar-refractivity contribution >= 4 is 0 Å². The summed E-state index contributed by atoms with van der Waals surface area (Å²) >= 11 is 0. The molecule has 2 aliphatic heterocycles. The molecule has 2 heteroatoms. The Morgan fingerprint density at radius 2 is 1.92 bits per heavy atom. The van der Waals surface area contributed by atoms with E-state index in [1.165, 1.54) is 19.3 Å². The van der Waals surface area contributed by atoms with Gasteiger partial charge in [-0.3, -0.25) is 4.90 Å². The van der Waals surface area contributed by atoms with Gasteiger partial charge in [-0.2, -0.15) is 0 Å². The zero-order valence-corrected chi connectivity index (χ0v) is 8.38. The van der Waals surface area contributed by atoms with E-state index in [0.717, 1.165) is 6.04 Å². The second kappa shape index (κ2) is 2.46. The van der Waals surface area contributed by atoms with Crippen LogP contribution in [0.1, 0.15) is 40.0 Å². The standard InChI is InChI=1S/C10H20N2/c1-10(2,3)12-7-4-5-9(12)8(11)6-7/h7-9H,4-6,11H2,1-3H3/t7?,8-,9?/m1/s1. The Balaban J connectivity index is 2.19. The van der Waals surface area contributed by atoms with Crippen LogP contribution in [0.25, 0.3) is 0 Å². The maximum absolute atomic E-state index is 6.07. The van der Waals surface area contributed by atoms with Crippen LogP contribution in [-0.4, -0.2) is 28.6 Å². The normalized spacial score (nSPS) is 42.5. The number of rotatable bonds is 0. The molecule has 2 heterocycles. The smallest absolute Gasteiger partial charge is 0.0256 e. The maximum atomic E-state index is 6.07. The number of hydrogen-bond acceptors (Lipinski definition) is 2. The topological polar surface area (TPSA) is 29.3 Å². The van der Waals surface area contributed by atoms with Crippen LogP contribution >= 0.6 is 0 Å². The third kappa shape index (κ3) is 1.09. The fourth-order valence-electron chi connectivity index (χ4n) is 3.08. The van der Waals surface area contributed by atoms with Crippen LogP contribution in [0.5, 0.6) is 0 Å². The van der Waals surface area contributed by atoms with E-state index in [1.54, 1.807) is 0 Å². The highest BCUT2D eigenvalue weighted by molar-refractivity contribution is 5.06. The van der Waals surface area contributed by atoms with E-state index in [1.807, 2.05) is 0 Å². The Labute approximate surface area is 75.1 Å². The lowest BCUT2D eigenvalue weighted by Crippen LogP contribution is -2.47. The molecule has 2 bridgehead atoms. The molecule has 2 saturated heterocycles. The summed E-state index contributed by atoms with van der Waals surface area (Å²) in [7, 11) is 0. The number of fused-ring (bicyclic) bond motifs is 2. The molecular weight excluding hydrogens is 148 g/mol. The van der Waals surface area contributed by atoms with E-state index in [-0.39, 0.29) is 0 Å². The predicted molar refractivity (Wildman–Crippen MR) is 51.0 cm³/mol. The quantitative estimate of drug-likeness (QED) is 0.591. The number of hydrogen-bond donors (Lipinski definition) is 1. The summed E-state index contributed by atoms with van der Waals surface area (Å²) < 4.78 is 0. The fourth-order valence-corrected chi connectivity index (χ4v) is 3.08. The molecule has 12 heavy (non-hydrogen) atoms. The molecule has 0 spiro atoms. The van der Waals surface area contributed by atoms with Crippen molar-refractivity contribution in [3.63, 3.8) is 0 Å². The molecule has 70 valence electrons. The molecule has 2 N–H and O–H groups in total.